The van der Waals surface area contributed by atoms with E-state index in [1.54, 1.807) is 19.2 Å². The predicted molar refractivity (Wildman–Crippen MR) is 123 cm³/mol. The Kier molecular flexibility index (Phi) is 5.38. The molecule has 1 aliphatic carbocycles. The molecule has 32 heavy (non-hydrogen) atoms. The number of aromatic nitrogens is 4. The summed E-state index contributed by atoms with van der Waals surface area (Å²) < 4.78 is 5.15. The molecule has 1 aliphatic heterocycles. The lowest BCUT2D eigenvalue weighted by Gasteiger charge is -2.19. The predicted octanol–water partition coefficient (Wildman–Crippen LogP) is 3.28. The van der Waals surface area contributed by atoms with E-state index in [0.29, 0.717) is 34.3 Å². The zero-order valence-corrected chi connectivity index (χ0v) is 18.5. The fourth-order valence-corrected chi connectivity index (χ4v) is 4.07. The molecule has 3 aromatic rings. The lowest BCUT2D eigenvalue weighted by Crippen LogP contribution is -2.36. The highest BCUT2D eigenvalue weighted by Gasteiger charge is 2.37. The van der Waals surface area contributed by atoms with Crippen LogP contribution in [0.15, 0.2) is 42.7 Å². The molecule has 5 rings (SSSR count). The molecule has 8 nitrogen and oxygen atoms in total. The Morgan fingerprint density at radius 2 is 2.00 bits per heavy atom. The Balaban J connectivity index is 1.26. The average Bonchev–Trinajstić information content (AvgIpc) is 3.37. The molecule has 2 aromatic heterocycles. The molecule has 1 aromatic carbocycles. The Morgan fingerprint density at radius 3 is 2.72 bits per heavy atom. The first kappa shape index (κ1) is 20.6. The summed E-state index contributed by atoms with van der Waals surface area (Å²) in [5, 5.41) is 23.2. The van der Waals surface area contributed by atoms with Gasteiger partial charge in [-0.25, -0.2) is 9.97 Å². The second-order valence-corrected chi connectivity index (χ2v) is 9.08. The summed E-state index contributed by atoms with van der Waals surface area (Å²) in [7, 11) is 1.56. The number of hydrogen-bond donors (Lipinski definition) is 2. The van der Waals surface area contributed by atoms with Crippen molar-refractivity contribution in [3.05, 3.63) is 42.7 Å². The van der Waals surface area contributed by atoms with Gasteiger partial charge in [0.15, 0.2) is 5.82 Å². The van der Waals surface area contributed by atoms with E-state index in [0.717, 1.165) is 37.4 Å². The number of benzene rings is 1. The number of ether oxygens (including phenoxy) is 1. The van der Waals surface area contributed by atoms with Gasteiger partial charge in [-0.15, -0.1) is 10.2 Å². The van der Waals surface area contributed by atoms with Crippen molar-refractivity contribution in [1.29, 1.82) is 0 Å². The Morgan fingerprint density at radius 1 is 1.12 bits per heavy atom. The molecule has 0 radical (unpaired) electrons. The van der Waals surface area contributed by atoms with E-state index in [9.17, 15) is 5.11 Å². The molecule has 2 fully saturated rings. The largest absolute Gasteiger partial charge is 0.507 e. The van der Waals surface area contributed by atoms with Crippen molar-refractivity contribution in [1.82, 2.24) is 25.5 Å². The number of phenols is 1. The standard InChI is InChI=1S/C24H28N6O2/c1-24(8-9-24)14-25-17-7-10-30(13-17)22-6-5-19(28-29-22)18-4-3-16(11-21(18)31)20-12-23(32-2)27-15-26-20/h3-6,11-12,15,17,25,31H,7-10,13-14H2,1-2H3. The third-order valence-electron chi connectivity index (χ3n) is 6.50. The van der Waals surface area contributed by atoms with Crippen LogP contribution >= 0.6 is 0 Å². The van der Waals surface area contributed by atoms with Gasteiger partial charge in [-0.2, -0.15) is 0 Å². The molecule has 1 saturated carbocycles. The van der Waals surface area contributed by atoms with Crippen LogP contribution in [0.2, 0.25) is 0 Å². The molecule has 0 spiro atoms. The zero-order valence-electron chi connectivity index (χ0n) is 18.5. The minimum atomic E-state index is 0.126. The van der Waals surface area contributed by atoms with Crippen LogP contribution in [0.5, 0.6) is 11.6 Å². The minimum Gasteiger partial charge on any atom is -0.507 e. The maximum absolute atomic E-state index is 10.6. The molecule has 1 unspecified atom stereocenters. The summed E-state index contributed by atoms with van der Waals surface area (Å²) in [5.74, 6) is 1.47. The Labute approximate surface area is 187 Å². The molecule has 1 saturated heterocycles. The van der Waals surface area contributed by atoms with Gasteiger partial charge in [-0.3, -0.25) is 0 Å². The molecule has 3 heterocycles. The summed E-state index contributed by atoms with van der Waals surface area (Å²) in [5.41, 5.74) is 3.23. The van der Waals surface area contributed by atoms with Crippen molar-refractivity contribution >= 4 is 5.82 Å². The summed E-state index contributed by atoms with van der Waals surface area (Å²) in [6.45, 7) is 5.38. The van der Waals surface area contributed by atoms with E-state index in [-0.39, 0.29) is 5.75 Å². The van der Waals surface area contributed by atoms with Crippen LogP contribution in [0.25, 0.3) is 22.5 Å². The van der Waals surface area contributed by atoms with Crippen LogP contribution in [0.4, 0.5) is 5.82 Å². The van der Waals surface area contributed by atoms with Gasteiger partial charge in [0.25, 0.3) is 0 Å². The van der Waals surface area contributed by atoms with Crippen LogP contribution < -0.4 is 15.0 Å². The van der Waals surface area contributed by atoms with Crippen molar-refractivity contribution in [3.8, 4) is 34.1 Å². The van der Waals surface area contributed by atoms with Crippen molar-refractivity contribution in [2.75, 3.05) is 31.6 Å². The molecule has 1 atom stereocenters. The first-order chi connectivity index (χ1) is 15.5. The van der Waals surface area contributed by atoms with Gasteiger partial charge in [0.1, 0.15) is 12.1 Å². The number of aromatic hydroxyl groups is 1. The second-order valence-electron chi connectivity index (χ2n) is 9.08. The smallest absolute Gasteiger partial charge is 0.216 e. The van der Waals surface area contributed by atoms with Gasteiger partial charge in [0.2, 0.25) is 5.88 Å². The zero-order chi connectivity index (χ0) is 22.1. The Bertz CT molecular complexity index is 1100. The van der Waals surface area contributed by atoms with Gasteiger partial charge >= 0.3 is 0 Å². The summed E-state index contributed by atoms with van der Waals surface area (Å²) in [4.78, 5) is 10.5. The van der Waals surface area contributed by atoms with Crippen LogP contribution in [-0.4, -0.2) is 58.1 Å². The fourth-order valence-electron chi connectivity index (χ4n) is 4.07. The molecule has 0 amide bonds. The number of rotatable bonds is 7. The molecule has 166 valence electrons. The van der Waals surface area contributed by atoms with Gasteiger partial charge in [-0.05, 0) is 48.9 Å². The number of nitrogens with zero attached hydrogens (tertiary/aromatic N) is 5. The number of phenolic OH excluding ortho intramolecular Hbond substituents is 1. The third-order valence-corrected chi connectivity index (χ3v) is 6.50. The van der Waals surface area contributed by atoms with E-state index in [4.69, 9.17) is 4.74 Å². The molecule has 8 heteroatoms. The number of methoxy groups -OCH3 is 1. The highest BCUT2D eigenvalue weighted by Crippen LogP contribution is 2.44. The quantitative estimate of drug-likeness (QED) is 0.587. The van der Waals surface area contributed by atoms with Crippen LogP contribution in [-0.2, 0) is 0 Å². The van der Waals surface area contributed by atoms with E-state index < -0.39 is 0 Å². The fraction of sp³-hybridized carbons (Fsp3) is 0.417. The van der Waals surface area contributed by atoms with Crippen molar-refractivity contribution in [2.45, 2.75) is 32.2 Å². The van der Waals surface area contributed by atoms with E-state index in [2.05, 4.69) is 37.3 Å². The van der Waals surface area contributed by atoms with Crippen molar-refractivity contribution in [2.24, 2.45) is 5.41 Å². The average molecular weight is 433 g/mol. The van der Waals surface area contributed by atoms with Gasteiger partial charge < -0.3 is 20.1 Å². The number of hydrogen-bond acceptors (Lipinski definition) is 8. The molecule has 0 bridgehead atoms. The lowest BCUT2D eigenvalue weighted by atomic mass is 10.1. The first-order valence-electron chi connectivity index (χ1n) is 11.0. The van der Waals surface area contributed by atoms with Gasteiger partial charge in [-0.1, -0.05) is 13.0 Å². The first-order valence-corrected chi connectivity index (χ1v) is 11.0. The highest BCUT2D eigenvalue weighted by molar-refractivity contribution is 5.73. The van der Waals surface area contributed by atoms with E-state index in [1.165, 1.54) is 19.2 Å². The summed E-state index contributed by atoms with van der Waals surface area (Å²) >= 11 is 0. The maximum Gasteiger partial charge on any atom is 0.216 e. The van der Waals surface area contributed by atoms with Crippen molar-refractivity contribution in [3.63, 3.8) is 0 Å². The third kappa shape index (κ3) is 4.36. The number of nitrogens with one attached hydrogen (secondary N) is 1. The summed E-state index contributed by atoms with van der Waals surface area (Å²) in [6, 6.07) is 11.5. The van der Waals surface area contributed by atoms with E-state index >= 15 is 0 Å². The molecule has 2 N–H and O–H groups in total. The molecular formula is C24H28N6O2. The van der Waals surface area contributed by atoms with Crippen molar-refractivity contribution < 1.29 is 9.84 Å². The second kappa shape index (κ2) is 8.35. The van der Waals surface area contributed by atoms with Crippen LogP contribution in [0, 0.1) is 5.41 Å². The van der Waals surface area contributed by atoms with Crippen LogP contribution in [0.1, 0.15) is 26.2 Å². The Hall–Kier alpha value is -3.26. The van der Waals surface area contributed by atoms with E-state index in [1.807, 2.05) is 24.3 Å². The topological polar surface area (TPSA) is 96.3 Å². The number of anilines is 1. The van der Waals surface area contributed by atoms with Gasteiger partial charge in [0.05, 0.1) is 18.5 Å². The van der Waals surface area contributed by atoms with Gasteiger partial charge in [0, 0.05) is 42.9 Å². The van der Waals surface area contributed by atoms with Crippen LogP contribution in [0.3, 0.4) is 0 Å². The monoisotopic (exact) mass is 432 g/mol. The summed E-state index contributed by atoms with van der Waals surface area (Å²) in [6.07, 6.45) is 5.23. The maximum atomic E-state index is 10.6. The SMILES string of the molecule is COc1cc(-c2ccc(-c3ccc(N4CCC(NCC5(C)CC5)C4)nn3)c(O)c2)ncn1. The highest BCUT2D eigenvalue weighted by atomic mass is 16.5. The molecular weight excluding hydrogens is 404 g/mol. The minimum absolute atomic E-state index is 0.126. The normalized spacial score (nSPS) is 19.2. The molecule has 2 aliphatic rings. The lowest BCUT2D eigenvalue weighted by molar-refractivity contribution is 0.397.